The molecule has 13 heavy (non-hydrogen) atoms. The van der Waals surface area contributed by atoms with E-state index < -0.39 is 0 Å². The molecule has 2 heteroatoms. The molecule has 0 spiro atoms. The van der Waals surface area contributed by atoms with Crippen molar-refractivity contribution >= 4 is 11.8 Å². The highest BCUT2D eigenvalue weighted by Gasteiger charge is 2.04. The van der Waals surface area contributed by atoms with E-state index >= 15 is 0 Å². The minimum absolute atomic E-state index is 0.523. The second-order valence-corrected chi connectivity index (χ2v) is 2.61. The molecule has 0 atom stereocenters. The second-order valence-electron chi connectivity index (χ2n) is 2.61. The Kier molecular flexibility index (Phi) is 2.61. The lowest BCUT2D eigenvalue weighted by atomic mass is 10.2. The van der Waals surface area contributed by atoms with Crippen LogP contribution in [0.5, 0.6) is 0 Å². The molecule has 0 bridgehead atoms. The molecular weight excluding hydrogens is 160 g/mol. The average molecular weight is 172 g/mol. The number of nitrogens with two attached hydrogens (primary N) is 1. The summed E-state index contributed by atoms with van der Waals surface area (Å²) < 4.78 is 0. The van der Waals surface area contributed by atoms with Gasteiger partial charge in [0.25, 0.3) is 0 Å². The van der Waals surface area contributed by atoms with E-state index in [2.05, 4.69) is 30.0 Å². The molecule has 0 saturated carbocycles. The van der Waals surface area contributed by atoms with Gasteiger partial charge < -0.3 is 10.7 Å². The molecule has 0 aromatic carbocycles. The SMILES string of the molecule is C=Cc1[nH]c(C#CC)cc1C(=C)N. The first kappa shape index (κ1) is 9.21. The largest absolute Gasteiger partial charge is 0.399 e. The first-order valence-electron chi connectivity index (χ1n) is 3.92. The van der Waals surface area contributed by atoms with Crippen LogP contribution in [0.15, 0.2) is 19.2 Å². The van der Waals surface area contributed by atoms with Gasteiger partial charge in [-0.2, -0.15) is 0 Å². The molecule has 1 aromatic heterocycles. The summed E-state index contributed by atoms with van der Waals surface area (Å²) in [6.07, 6.45) is 1.70. The summed E-state index contributed by atoms with van der Waals surface area (Å²) >= 11 is 0. The first-order chi connectivity index (χ1) is 6.19. The lowest BCUT2D eigenvalue weighted by Gasteiger charge is -1.95. The molecule has 0 aliphatic carbocycles. The highest BCUT2D eigenvalue weighted by atomic mass is 14.7. The Morgan fingerprint density at radius 2 is 2.38 bits per heavy atom. The maximum Gasteiger partial charge on any atom is 0.0904 e. The van der Waals surface area contributed by atoms with E-state index in [4.69, 9.17) is 5.73 Å². The third-order valence-corrected chi connectivity index (χ3v) is 1.66. The molecule has 1 aromatic rings. The van der Waals surface area contributed by atoms with Crippen LogP contribution >= 0.6 is 0 Å². The molecule has 0 amide bonds. The molecule has 1 rings (SSSR count). The van der Waals surface area contributed by atoms with Gasteiger partial charge >= 0.3 is 0 Å². The lowest BCUT2D eigenvalue weighted by molar-refractivity contribution is 1.33. The lowest BCUT2D eigenvalue weighted by Crippen LogP contribution is -1.93. The number of nitrogens with one attached hydrogen (secondary N) is 1. The zero-order chi connectivity index (χ0) is 9.84. The van der Waals surface area contributed by atoms with Crippen LogP contribution in [-0.2, 0) is 0 Å². The minimum atomic E-state index is 0.523. The number of aromatic nitrogens is 1. The molecule has 0 saturated heterocycles. The summed E-state index contributed by atoms with van der Waals surface area (Å²) in [6, 6.07) is 1.87. The topological polar surface area (TPSA) is 41.8 Å². The van der Waals surface area contributed by atoms with E-state index in [0.717, 1.165) is 17.0 Å². The summed E-state index contributed by atoms with van der Waals surface area (Å²) in [6.45, 7) is 9.12. The van der Waals surface area contributed by atoms with E-state index in [1.54, 1.807) is 13.0 Å². The van der Waals surface area contributed by atoms with E-state index in [1.807, 2.05) is 6.07 Å². The Bertz CT molecular complexity index is 399. The fourth-order valence-electron chi connectivity index (χ4n) is 1.10. The van der Waals surface area contributed by atoms with Crippen molar-refractivity contribution in [3.8, 4) is 11.8 Å². The maximum atomic E-state index is 5.59. The van der Waals surface area contributed by atoms with Crippen LogP contribution in [-0.4, -0.2) is 4.98 Å². The molecule has 1 heterocycles. The van der Waals surface area contributed by atoms with Gasteiger partial charge in [0.15, 0.2) is 0 Å². The Morgan fingerprint density at radius 1 is 1.69 bits per heavy atom. The van der Waals surface area contributed by atoms with Crippen molar-refractivity contribution in [3.05, 3.63) is 36.2 Å². The molecule has 0 radical (unpaired) electrons. The van der Waals surface area contributed by atoms with Gasteiger partial charge in [-0.3, -0.25) is 0 Å². The van der Waals surface area contributed by atoms with Crippen LogP contribution in [0.2, 0.25) is 0 Å². The Balaban J connectivity index is 3.24. The number of aromatic amines is 1. The Morgan fingerprint density at radius 3 is 2.77 bits per heavy atom. The van der Waals surface area contributed by atoms with Gasteiger partial charge in [-0.25, -0.2) is 0 Å². The van der Waals surface area contributed by atoms with Gasteiger partial charge in [0.2, 0.25) is 0 Å². The second kappa shape index (κ2) is 3.68. The van der Waals surface area contributed by atoms with E-state index in [0.29, 0.717) is 5.70 Å². The number of H-pyrrole nitrogens is 1. The number of hydrogen-bond acceptors (Lipinski definition) is 1. The quantitative estimate of drug-likeness (QED) is 0.658. The fraction of sp³-hybridized carbons (Fsp3) is 0.0909. The van der Waals surface area contributed by atoms with Crippen molar-refractivity contribution in [2.24, 2.45) is 5.73 Å². The van der Waals surface area contributed by atoms with Crippen LogP contribution in [0.4, 0.5) is 0 Å². The van der Waals surface area contributed by atoms with Gasteiger partial charge in [0.1, 0.15) is 0 Å². The smallest absolute Gasteiger partial charge is 0.0904 e. The van der Waals surface area contributed by atoms with Crippen LogP contribution in [0.25, 0.3) is 11.8 Å². The molecule has 3 N–H and O–H groups in total. The number of hydrogen-bond donors (Lipinski definition) is 2. The summed E-state index contributed by atoms with van der Waals surface area (Å²) in [7, 11) is 0. The van der Waals surface area contributed by atoms with Gasteiger partial charge in [-0.1, -0.05) is 19.1 Å². The van der Waals surface area contributed by atoms with Gasteiger partial charge in [0, 0.05) is 17.0 Å². The monoisotopic (exact) mass is 172 g/mol. The maximum absolute atomic E-state index is 5.59. The van der Waals surface area contributed by atoms with Crippen LogP contribution in [0.1, 0.15) is 23.9 Å². The predicted octanol–water partition coefficient (Wildman–Crippen LogP) is 1.96. The van der Waals surface area contributed by atoms with Crippen LogP contribution in [0.3, 0.4) is 0 Å². The highest BCUT2D eigenvalue weighted by Crippen LogP contribution is 2.16. The summed E-state index contributed by atoms with van der Waals surface area (Å²) in [5.74, 6) is 5.71. The minimum Gasteiger partial charge on any atom is -0.399 e. The number of rotatable bonds is 2. The zero-order valence-corrected chi connectivity index (χ0v) is 7.65. The molecule has 0 aliphatic heterocycles. The molecular formula is C11H12N2. The summed E-state index contributed by atoms with van der Waals surface area (Å²) in [5.41, 5.74) is 8.68. The van der Waals surface area contributed by atoms with E-state index in [1.165, 1.54) is 0 Å². The van der Waals surface area contributed by atoms with Gasteiger partial charge in [-0.05, 0) is 25.0 Å². The standard InChI is InChI=1S/C11H12N2/c1-4-6-9-7-10(8(3)12)11(5-2)13-9/h5,7,13H,2-3,12H2,1H3. The molecule has 0 unspecified atom stereocenters. The van der Waals surface area contributed by atoms with Crippen LogP contribution in [0, 0.1) is 11.8 Å². The van der Waals surface area contributed by atoms with Crippen molar-refractivity contribution in [1.29, 1.82) is 0 Å². The van der Waals surface area contributed by atoms with Gasteiger partial charge in [0.05, 0.1) is 5.69 Å². The van der Waals surface area contributed by atoms with Crippen molar-refractivity contribution in [1.82, 2.24) is 4.98 Å². The molecule has 2 nitrogen and oxygen atoms in total. The Labute approximate surface area is 78.2 Å². The van der Waals surface area contributed by atoms with Crippen molar-refractivity contribution in [2.75, 3.05) is 0 Å². The normalized spacial score (nSPS) is 8.69. The first-order valence-corrected chi connectivity index (χ1v) is 3.92. The fourth-order valence-corrected chi connectivity index (χ4v) is 1.10. The van der Waals surface area contributed by atoms with E-state index in [-0.39, 0.29) is 0 Å². The molecule has 0 fully saturated rings. The third-order valence-electron chi connectivity index (χ3n) is 1.66. The van der Waals surface area contributed by atoms with Crippen molar-refractivity contribution in [3.63, 3.8) is 0 Å². The Hall–Kier alpha value is -1.88. The highest BCUT2D eigenvalue weighted by molar-refractivity contribution is 5.70. The van der Waals surface area contributed by atoms with Gasteiger partial charge in [-0.15, -0.1) is 0 Å². The van der Waals surface area contributed by atoms with Crippen LogP contribution < -0.4 is 5.73 Å². The third kappa shape index (κ3) is 1.83. The molecule has 66 valence electrons. The zero-order valence-electron chi connectivity index (χ0n) is 7.65. The van der Waals surface area contributed by atoms with Crippen molar-refractivity contribution < 1.29 is 0 Å². The summed E-state index contributed by atoms with van der Waals surface area (Å²) in [4.78, 5) is 3.08. The van der Waals surface area contributed by atoms with E-state index in [9.17, 15) is 0 Å². The predicted molar refractivity (Wildman–Crippen MR) is 56.7 cm³/mol. The average Bonchev–Trinajstić information content (AvgIpc) is 2.48. The molecule has 0 aliphatic rings. The summed E-state index contributed by atoms with van der Waals surface area (Å²) in [5, 5.41) is 0. The van der Waals surface area contributed by atoms with Crippen molar-refractivity contribution in [2.45, 2.75) is 6.92 Å².